The lowest BCUT2D eigenvalue weighted by Crippen LogP contribution is -2.40. The van der Waals surface area contributed by atoms with E-state index in [1.54, 1.807) is 17.8 Å². The van der Waals surface area contributed by atoms with Gasteiger partial charge in [-0.15, -0.1) is 4.91 Å². The van der Waals surface area contributed by atoms with Crippen molar-refractivity contribution in [1.29, 1.82) is 0 Å². The van der Waals surface area contributed by atoms with Gasteiger partial charge in [0.05, 0.1) is 0 Å². The molecular weight excluding hydrogens is 500 g/mol. The number of alkyl carbamates (subject to hydrolysis) is 1. The molecule has 3 N–H and O–H groups in total. The van der Waals surface area contributed by atoms with Crippen LogP contribution >= 0.6 is 11.8 Å². The highest BCUT2D eigenvalue weighted by molar-refractivity contribution is 7.99. The van der Waals surface area contributed by atoms with Crippen molar-refractivity contribution >= 4 is 35.2 Å². The van der Waals surface area contributed by atoms with Crippen molar-refractivity contribution in [3.63, 3.8) is 0 Å². The van der Waals surface area contributed by atoms with Crippen LogP contribution in [0.1, 0.15) is 58.4 Å². The summed E-state index contributed by atoms with van der Waals surface area (Å²) in [5, 5.41) is 11.7. The molecule has 204 valence electrons. The number of unbranched alkanes of at least 4 members (excludes halogenated alkanes) is 1. The number of ether oxygens (including phenoxy) is 3. The Morgan fingerprint density at radius 1 is 1.19 bits per heavy atom. The summed E-state index contributed by atoms with van der Waals surface area (Å²) in [4.78, 5) is 46.2. The Bertz CT molecular complexity index is 973. The van der Waals surface area contributed by atoms with Gasteiger partial charge in [-0.25, -0.2) is 4.79 Å². The van der Waals surface area contributed by atoms with E-state index in [2.05, 4.69) is 34.6 Å². The fourth-order valence-electron chi connectivity index (χ4n) is 3.67. The fraction of sp³-hybridized carbons (Fsp3) is 0.560. The number of rotatable bonds is 17. The Balaban J connectivity index is 1.73. The van der Waals surface area contributed by atoms with Crippen LogP contribution in [0.2, 0.25) is 0 Å². The molecule has 0 fully saturated rings. The van der Waals surface area contributed by atoms with Crippen LogP contribution in [0.15, 0.2) is 29.7 Å². The molecule has 0 bridgehead atoms. The van der Waals surface area contributed by atoms with Crippen molar-refractivity contribution < 1.29 is 28.6 Å². The molecule has 0 radical (unpaired) electrons. The van der Waals surface area contributed by atoms with Crippen LogP contribution in [0.4, 0.5) is 10.5 Å². The SMILES string of the molecule is C=C(NC(=O)OCc1cc2c(cc1N=O)OCO2)NC(C)C(CCCCC(=O)NCCC(C)=O)SCC. The molecule has 1 aromatic carbocycles. The first-order chi connectivity index (χ1) is 17.7. The first-order valence-electron chi connectivity index (χ1n) is 12.3. The predicted molar refractivity (Wildman–Crippen MR) is 142 cm³/mol. The number of nitroso groups, excluding NO2 is 1. The van der Waals surface area contributed by atoms with Crippen molar-refractivity contribution in [3.8, 4) is 11.5 Å². The van der Waals surface area contributed by atoms with Crippen LogP contribution in [0.3, 0.4) is 0 Å². The second-order valence-electron chi connectivity index (χ2n) is 8.58. The highest BCUT2D eigenvalue weighted by Crippen LogP contribution is 2.38. The number of nitrogens with one attached hydrogen (secondary N) is 3. The van der Waals surface area contributed by atoms with E-state index in [4.69, 9.17) is 14.2 Å². The van der Waals surface area contributed by atoms with E-state index < -0.39 is 6.09 Å². The van der Waals surface area contributed by atoms with E-state index >= 15 is 0 Å². The summed E-state index contributed by atoms with van der Waals surface area (Å²) in [7, 11) is 0. The van der Waals surface area contributed by atoms with Crippen molar-refractivity contribution in [2.24, 2.45) is 5.18 Å². The minimum absolute atomic E-state index is 0.00173. The van der Waals surface area contributed by atoms with Crippen LogP contribution in [-0.2, 0) is 20.9 Å². The number of fused-ring (bicyclic) bond motifs is 1. The normalized spacial score (nSPS) is 13.3. The summed E-state index contributed by atoms with van der Waals surface area (Å²) in [6.07, 6.45) is 2.56. The average Bonchev–Trinajstić information content (AvgIpc) is 3.30. The third kappa shape index (κ3) is 10.7. The molecular formula is C25H36N4O7S. The molecule has 0 saturated heterocycles. The van der Waals surface area contributed by atoms with Crippen molar-refractivity contribution in [3.05, 3.63) is 35.0 Å². The predicted octanol–water partition coefficient (Wildman–Crippen LogP) is 4.27. The van der Waals surface area contributed by atoms with Gasteiger partial charge >= 0.3 is 6.09 Å². The van der Waals surface area contributed by atoms with E-state index in [-0.39, 0.29) is 42.1 Å². The highest BCUT2D eigenvalue weighted by Gasteiger charge is 2.20. The van der Waals surface area contributed by atoms with E-state index in [1.807, 2.05) is 6.92 Å². The number of hydrogen-bond acceptors (Lipinski definition) is 10. The highest BCUT2D eigenvalue weighted by atomic mass is 32.2. The van der Waals surface area contributed by atoms with Crippen molar-refractivity contribution in [2.45, 2.75) is 70.8 Å². The van der Waals surface area contributed by atoms with Crippen LogP contribution in [0.5, 0.6) is 11.5 Å². The molecule has 11 nitrogen and oxygen atoms in total. The lowest BCUT2D eigenvalue weighted by molar-refractivity contribution is -0.121. The molecule has 12 heteroatoms. The van der Waals surface area contributed by atoms with Gasteiger partial charge in [0.15, 0.2) is 11.5 Å². The molecule has 37 heavy (non-hydrogen) atoms. The lowest BCUT2D eigenvalue weighted by atomic mass is 10.1. The molecule has 1 heterocycles. The van der Waals surface area contributed by atoms with Gasteiger partial charge < -0.3 is 24.8 Å². The number of Topliss-reactive ketones (excluding diaryl/α,β-unsaturated/α-hetero) is 1. The summed E-state index contributed by atoms with van der Waals surface area (Å²) in [6, 6.07) is 3.01. The fourth-order valence-corrected chi connectivity index (χ4v) is 4.79. The second-order valence-corrected chi connectivity index (χ2v) is 10.1. The molecule has 2 unspecified atom stereocenters. The van der Waals surface area contributed by atoms with Gasteiger partial charge in [0.1, 0.15) is 23.9 Å². The zero-order valence-corrected chi connectivity index (χ0v) is 22.4. The summed E-state index contributed by atoms with van der Waals surface area (Å²) in [5.41, 5.74) is 0.504. The van der Waals surface area contributed by atoms with Gasteiger partial charge in [0, 0.05) is 42.3 Å². The Morgan fingerprint density at radius 3 is 2.59 bits per heavy atom. The molecule has 0 aromatic heterocycles. The molecule has 1 aromatic rings. The standard InChI is InChI=1S/C25H36N4O7S/c1-5-37-23(8-6-7-9-24(31)26-11-10-16(2)30)17(3)27-18(4)28-25(32)34-14-19-12-21-22(36-15-35-21)13-20(19)29-33/h12-13,17,23,27H,4-11,14-15H2,1-3H3,(H,26,31)(H,28,32). The average molecular weight is 537 g/mol. The van der Waals surface area contributed by atoms with Crippen LogP contribution in [0, 0.1) is 4.91 Å². The van der Waals surface area contributed by atoms with Gasteiger partial charge in [-0.05, 0) is 43.7 Å². The third-order valence-electron chi connectivity index (χ3n) is 5.57. The maximum absolute atomic E-state index is 12.3. The van der Waals surface area contributed by atoms with Crippen LogP contribution in [0.25, 0.3) is 0 Å². The Hall–Kier alpha value is -3.28. The van der Waals surface area contributed by atoms with E-state index in [9.17, 15) is 19.3 Å². The molecule has 0 saturated carbocycles. The number of benzene rings is 1. The van der Waals surface area contributed by atoms with Crippen molar-refractivity contribution in [1.82, 2.24) is 16.0 Å². The summed E-state index contributed by atoms with van der Waals surface area (Å²) in [5.74, 6) is 2.11. The number of carbonyl (C=O) groups excluding carboxylic acids is 3. The smallest absolute Gasteiger partial charge is 0.413 e. The minimum atomic E-state index is -0.727. The number of ketones is 1. The number of hydrogen-bond donors (Lipinski definition) is 3. The first kappa shape index (κ1) is 29.9. The number of carbonyl (C=O) groups is 3. The number of nitrogens with zero attached hydrogens (tertiary/aromatic N) is 1. The summed E-state index contributed by atoms with van der Waals surface area (Å²) < 4.78 is 15.7. The van der Waals surface area contributed by atoms with Gasteiger partial charge in [-0.1, -0.05) is 19.9 Å². The van der Waals surface area contributed by atoms with E-state index in [0.717, 1.165) is 25.0 Å². The van der Waals surface area contributed by atoms with Gasteiger partial charge in [0.2, 0.25) is 12.7 Å². The Morgan fingerprint density at radius 2 is 1.92 bits per heavy atom. The molecule has 2 amide bonds. The quantitative estimate of drug-likeness (QED) is 0.196. The zero-order valence-electron chi connectivity index (χ0n) is 21.6. The maximum Gasteiger partial charge on any atom is 0.413 e. The molecule has 1 aliphatic heterocycles. The van der Waals surface area contributed by atoms with Crippen molar-refractivity contribution in [2.75, 3.05) is 19.1 Å². The molecule has 1 aliphatic rings. The Kier molecular flexibility index (Phi) is 12.7. The molecule has 0 spiro atoms. The van der Waals surface area contributed by atoms with E-state index in [1.165, 1.54) is 13.0 Å². The lowest BCUT2D eigenvalue weighted by Gasteiger charge is -2.26. The molecule has 0 aliphatic carbocycles. The van der Waals surface area contributed by atoms with Gasteiger partial charge in [-0.2, -0.15) is 11.8 Å². The van der Waals surface area contributed by atoms with Crippen LogP contribution < -0.4 is 25.4 Å². The van der Waals surface area contributed by atoms with Gasteiger partial charge in [-0.3, -0.25) is 14.9 Å². The minimum Gasteiger partial charge on any atom is -0.454 e. The molecule has 2 rings (SSSR count). The first-order valence-corrected chi connectivity index (χ1v) is 13.3. The summed E-state index contributed by atoms with van der Waals surface area (Å²) >= 11 is 1.79. The maximum atomic E-state index is 12.3. The topological polar surface area (TPSA) is 144 Å². The number of amides is 2. The summed E-state index contributed by atoms with van der Waals surface area (Å²) in [6.45, 7) is 9.71. The second kappa shape index (κ2) is 15.7. The number of thioether (sulfide) groups is 1. The van der Waals surface area contributed by atoms with Gasteiger partial charge in [0.25, 0.3) is 0 Å². The van der Waals surface area contributed by atoms with Crippen LogP contribution in [-0.4, -0.2) is 48.2 Å². The largest absolute Gasteiger partial charge is 0.454 e. The van der Waals surface area contributed by atoms with E-state index in [0.29, 0.717) is 42.3 Å². The third-order valence-corrected chi connectivity index (χ3v) is 6.97. The molecule has 2 atom stereocenters. The zero-order chi connectivity index (χ0) is 27.2. The monoisotopic (exact) mass is 536 g/mol. The Labute approximate surface area is 221 Å².